The van der Waals surface area contributed by atoms with Gasteiger partial charge < -0.3 is 19.5 Å². The molecule has 0 unspecified atom stereocenters. The number of hydrogen-bond donors (Lipinski definition) is 1. The van der Waals surface area contributed by atoms with Gasteiger partial charge in [-0.3, -0.25) is 4.79 Å². The Balaban J connectivity index is 2.14. The van der Waals surface area contributed by atoms with Gasteiger partial charge in [0, 0.05) is 23.8 Å². The minimum absolute atomic E-state index is 0.166. The first-order valence-corrected chi connectivity index (χ1v) is 8.19. The van der Waals surface area contributed by atoms with Gasteiger partial charge in [-0.15, -0.1) is 0 Å². The number of nitrogens with zero attached hydrogens (tertiary/aromatic N) is 1. The van der Waals surface area contributed by atoms with Crippen LogP contribution in [0.2, 0.25) is 0 Å². The van der Waals surface area contributed by atoms with Crippen LogP contribution in [0, 0.1) is 0 Å². The zero-order chi connectivity index (χ0) is 18.0. The second-order valence-electron chi connectivity index (χ2n) is 7.33. The molecule has 5 nitrogen and oxygen atoms in total. The topological polar surface area (TPSA) is 50.8 Å². The van der Waals surface area contributed by atoms with E-state index in [0.29, 0.717) is 12.2 Å². The largest absolute Gasteiger partial charge is 0.496 e. The molecule has 1 fully saturated rings. The number of carbonyl (C=O) groups excluding carboxylic acids is 1. The molecule has 1 aromatic carbocycles. The maximum atomic E-state index is 12.1. The summed E-state index contributed by atoms with van der Waals surface area (Å²) in [5.41, 5.74) is 0.696. The Labute approximate surface area is 145 Å². The molecule has 1 N–H and O–H groups in total. The zero-order valence-electron chi connectivity index (χ0n) is 15.4. The smallest absolute Gasteiger partial charge is 0.399 e. The molecule has 2 rings (SSSR count). The molecule has 0 spiro atoms. The van der Waals surface area contributed by atoms with E-state index in [1.54, 1.807) is 6.08 Å². The van der Waals surface area contributed by atoms with E-state index in [1.165, 1.54) is 0 Å². The summed E-state index contributed by atoms with van der Waals surface area (Å²) in [6.45, 7) is 8.76. The molecule has 1 aliphatic rings. The average Bonchev–Trinajstić information content (AvgIpc) is 2.67. The van der Waals surface area contributed by atoms with Crippen molar-refractivity contribution >= 4 is 24.2 Å². The van der Waals surface area contributed by atoms with Crippen LogP contribution in [0.3, 0.4) is 0 Å². The van der Waals surface area contributed by atoms with Crippen molar-refractivity contribution in [2.24, 2.45) is 0 Å². The van der Waals surface area contributed by atoms with Crippen molar-refractivity contribution in [1.82, 2.24) is 4.90 Å². The number of para-hydroxylation sites is 1. The molecular weight excluding hydrogens is 303 g/mol. The van der Waals surface area contributed by atoms with E-state index in [-0.39, 0.29) is 5.91 Å². The number of carbonyl (C=O) groups is 1. The Morgan fingerprint density at radius 1 is 1.17 bits per heavy atom. The Morgan fingerprint density at radius 3 is 2.33 bits per heavy atom. The first kappa shape index (κ1) is 18.7. The minimum Gasteiger partial charge on any atom is -0.399 e. The monoisotopic (exact) mass is 330 g/mol. The lowest BCUT2D eigenvalue weighted by atomic mass is 9.78. The van der Waals surface area contributed by atoms with Crippen LogP contribution in [0.1, 0.15) is 27.7 Å². The van der Waals surface area contributed by atoms with Crippen LogP contribution < -0.4 is 10.8 Å². The molecule has 0 bridgehead atoms. The third kappa shape index (κ3) is 4.26. The third-order valence-electron chi connectivity index (χ3n) is 4.47. The summed E-state index contributed by atoms with van der Waals surface area (Å²) in [5, 5.41) is 2.91. The number of rotatable bonds is 5. The Bertz CT molecular complexity index is 610. The van der Waals surface area contributed by atoms with Gasteiger partial charge in [-0.05, 0) is 47.9 Å². The summed E-state index contributed by atoms with van der Waals surface area (Å²) in [4.78, 5) is 14.1. The Hall–Kier alpha value is -1.63. The van der Waals surface area contributed by atoms with Gasteiger partial charge in [-0.1, -0.05) is 24.3 Å². The maximum Gasteiger partial charge on any atom is 0.496 e. The number of anilines is 1. The van der Waals surface area contributed by atoms with E-state index in [4.69, 9.17) is 9.31 Å². The van der Waals surface area contributed by atoms with Crippen molar-refractivity contribution in [3.05, 3.63) is 36.4 Å². The molecule has 6 heteroatoms. The highest BCUT2D eigenvalue weighted by molar-refractivity contribution is 6.64. The van der Waals surface area contributed by atoms with E-state index < -0.39 is 18.3 Å². The zero-order valence-corrected chi connectivity index (χ0v) is 15.4. The van der Waals surface area contributed by atoms with Crippen LogP contribution in [0.25, 0.3) is 0 Å². The number of hydrogen-bond acceptors (Lipinski definition) is 4. The molecule has 0 aliphatic carbocycles. The second kappa shape index (κ2) is 7.09. The van der Waals surface area contributed by atoms with Gasteiger partial charge in [0.05, 0.1) is 11.2 Å². The van der Waals surface area contributed by atoms with Gasteiger partial charge >= 0.3 is 7.12 Å². The normalized spacial score (nSPS) is 19.2. The fraction of sp³-hybridized carbons (Fsp3) is 0.500. The summed E-state index contributed by atoms with van der Waals surface area (Å²) >= 11 is 0. The molecule has 1 heterocycles. The van der Waals surface area contributed by atoms with Crippen LogP contribution in [0.15, 0.2) is 36.4 Å². The predicted molar refractivity (Wildman–Crippen MR) is 98.5 cm³/mol. The van der Waals surface area contributed by atoms with Crippen LogP contribution in [0.5, 0.6) is 0 Å². The van der Waals surface area contributed by atoms with Crippen molar-refractivity contribution < 1.29 is 14.1 Å². The summed E-state index contributed by atoms with van der Waals surface area (Å²) in [7, 11) is 3.41. The van der Waals surface area contributed by atoms with Gasteiger partial charge in [-0.25, -0.2) is 0 Å². The van der Waals surface area contributed by atoms with Gasteiger partial charge in [0.2, 0.25) is 5.91 Å². The number of nitrogens with one attached hydrogen (secondary N) is 1. The molecular formula is C18H27BN2O3. The molecule has 1 aromatic rings. The molecule has 0 aromatic heterocycles. The minimum atomic E-state index is -0.503. The van der Waals surface area contributed by atoms with Gasteiger partial charge in [0.15, 0.2) is 0 Å². The van der Waals surface area contributed by atoms with Crippen molar-refractivity contribution in [3.8, 4) is 0 Å². The molecule has 0 saturated carbocycles. The van der Waals surface area contributed by atoms with E-state index in [9.17, 15) is 4.79 Å². The van der Waals surface area contributed by atoms with Crippen molar-refractivity contribution in [3.63, 3.8) is 0 Å². The molecule has 1 amide bonds. The summed E-state index contributed by atoms with van der Waals surface area (Å²) < 4.78 is 12.2. The highest BCUT2D eigenvalue weighted by Gasteiger charge is 2.52. The number of amides is 1. The van der Waals surface area contributed by atoms with Crippen LogP contribution >= 0.6 is 0 Å². The highest BCUT2D eigenvalue weighted by Crippen LogP contribution is 2.36. The van der Waals surface area contributed by atoms with Gasteiger partial charge in [-0.2, -0.15) is 0 Å². The molecule has 0 atom stereocenters. The molecule has 1 saturated heterocycles. The fourth-order valence-corrected chi connectivity index (χ4v) is 2.33. The highest BCUT2D eigenvalue weighted by atomic mass is 16.7. The molecule has 1 aliphatic heterocycles. The van der Waals surface area contributed by atoms with E-state index in [1.807, 2.05) is 77.0 Å². The molecule has 0 radical (unpaired) electrons. The Morgan fingerprint density at radius 2 is 1.75 bits per heavy atom. The summed E-state index contributed by atoms with van der Waals surface area (Å²) in [5.74, 6) is -0.166. The Kier molecular flexibility index (Phi) is 5.53. The number of benzene rings is 1. The molecule has 24 heavy (non-hydrogen) atoms. The van der Waals surface area contributed by atoms with E-state index in [0.717, 1.165) is 5.46 Å². The number of likely N-dealkylation sites (N-methyl/N-ethyl adjacent to an activating group) is 1. The van der Waals surface area contributed by atoms with E-state index >= 15 is 0 Å². The SMILES string of the molecule is CN(C)C/C=C/C(=O)Nc1ccccc1B1OC(C)(C)C(C)(C)O1. The van der Waals surface area contributed by atoms with Crippen molar-refractivity contribution in [2.75, 3.05) is 26.0 Å². The predicted octanol–water partition coefficient (Wildman–Crippen LogP) is 2.04. The lowest BCUT2D eigenvalue weighted by Gasteiger charge is -2.32. The summed E-state index contributed by atoms with van der Waals surface area (Å²) in [6, 6.07) is 7.57. The third-order valence-corrected chi connectivity index (χ3v) is 4.47. The van der Waals surface area contributed by atoms with Crippen molar-refractivity contribution in [2.45, 2.75) is 38.9 Å². The molecule has 130 valence electrons. The van der Waals surface area contributed by atoms with Crippen LogP contribution in [-0.4, -0.2) is 49.8 Å². The average molecular weight is 330 g/mol. The standard InChI is InChI=1S/C18H27BN2O3/c1-17(2)18(3,4)24-19(23-17)14-10-7-8-11-15(14)20-16(22)12-9-13-21(5)6/h7-12H,13H2,1-6H3,(H,20,22)/b12-9+. The van der Waals surface area contributed by atoms with Crippen LogP contribution in [0.4, 0.5) is 5.69 Å². The van der Waals surface area contributed by atoms with Crippen LogP contribution in [-0.2, 0) is 14.1 Å². The first-order valence-electron chi connectivity index (χ1n) is 8.19. The lowest BCUT2D eigenvalue weighted by Crippen LogP contribution is -2.41. The maximum absolute atomic E-state index is 12.1. The lowest BCUT2D eigenvalue weighted by molar-refractivity contribution is -0.111. The second-order valence-corrected chi connectivity index (χ2v) is 7.33. The summed E-state index contributed by atoms with van der Waals surface area (Å²) in [6.07, 6.45) is 3.37. The van der Waals surface area contributed by atoms with E-state index in [2.05, 4.69) is 5.32 Å². The fourth-order valence-electron chi connectivity index (χ4n) is 2.33. The first-order chi connectivity index (χ1) is 11.1. The quantitative estimate of drug-likeness (QED) is 0.663. The van der Waals surface area contributed by atoms with Crippen molar-refractivity contribution in [1.29, 1.82) is 0 Å². The van der Waals surface area contributed by atoms with Gasteiger partial charge in [0.25, 0.3) is 0 Å². The van der Waals surface area contributed by atoms with Gasteiger partial charge in [0.1, 0.15) is 0 Å².